The van der Waals surface area contributed by atoms with E-state index in [-0.39, 0.29) is 11.1 Å². The first-order valence-electron chi connectivity index (χ1n) is 2.16. The van der Waals surface area contributed by atoms with Gasteiger partial charge in [-0.1, -0.05) is 0 Å². The average molecular weight is 161 g/mol. The van der Waals surface area contributed by atoms with E-state index in [0.29, 0.717) is 0 Å². The Morgan fingerprint density at radius 1 is 1.30 bits per heavy atom. The first kappa shape index (κ1) is 8.56. The molecule has 0 atom stereocenters. The molecule has 0 bridgehead atoms. The summed E-state index contributed by atoms with van der Waals surface area (Å²) < 4.78 is 0. The molecule has 0 aliphatic carbocycles. The SMILES string of the molecule is NC(=S)N=NNN=C(N)N. The van der Waals surface area contributed by atoms with Crippen LogP contribution in [-0.4, -0.2) is 11.1 Å². The summed E-state index contributed by atoms with van der Waals surface area (Å²) in [7, 11) is 0. The van der Waals surface area contributed by atoms with Crippen molar-refractivity contribution in [2.75, 3.05) is 0 Å². The fraction of sp³-hybridized carbons (Fsp3) is 0. The molecule has 0 fully saturated rings. The van der Waals surface area contributed by atoms with Crippen molar-refractivity contribution < 1.29 is 0 Å². The van der Waals surface area contributed by atoms with Gasteiger partial charge in [0.15, 0.2) is 0 Å². The highest BCUT2D eigenvalue weighted by Gasteiger charge is 1.77. The minimum atomic E-state index is -0.151. The zero-order chi connectivity index (χ0) is 7.98. The largest absolute Gasteiger partial charge is 0.373 e. The molecule has 56 valence electrons. The van der Waals surface area contributed by atoms with Gasteiger partial charge in [-0.3, -0.25) is 0 Å². The minimum absolute atomic E-state index is 0.0988. The number of nitrogens with one attached hydrogen (secondary N) is 1. The molecule has 0 rings (SSSR count). The normalized spacial score (nSPS) is 9.20. The van der Waals surface area contributed by atoms with E-state index < -0.39 is 0 Å². The Bertz CT molecular complexity index is 166. The number of nitrogens with two attached hydrogens (primary N) is 3. The van der Waals surface area contributed by atoms with Crippen LogP contribution in [0.4, 0.5) is 0 Å². The Hall–Kier alpha value is -1.44. The van der Waals surface area contributed by atoms with Crippen LogP contribution < -0.4 is 22.7 Å². The average Bonchev–Trinajstić information content (AvgIpc) is 1.79. The number of guanidine groups is 1. The quantitative estimate of drug-likeness (QED) is 0.127. The summed E-state index contributed by atoms with van der Waals surface area (Å²) in [5, 5.41) is 9.52. The van der Waals surface area contributed by atoms with Crippen LogP contribution in [0.2, 0.25) is 0 Å². The number of rotatable bonds is 2. The van der Waals surface area contributed by atoms with E-state index in [4.69, 9.17) is 17.2 Å². The lowest BCUT2D eigenvalue weighted by Gasteiger charge is -1.87. The summed E-state index contributed by atoms with van der Waals surface area (Å²) in [5.74, 6) is -0.151. The summed E-state index contributed by atoms with van der Waals surface area (Å²) in [6.07, 6.45) is 0. The molecule has 0 aliphatic rings. The molecule has 0 aromatic carbocycles. The van der Waals surface area contributed by atoms with Crippen molar-refractivity contribution in [3.63, 3.8) is 0 Å². The zero-order valence-electron chi connectivity index (χ0n) is 4.98. The molecule has 0 amide bonds. The van der Waals surface area contributed by atoms with Gasteiger partial charge in [0.2, 0.25) is 11.1 Å². The van der Waals surface area contributed by atoms with Crippen LogP contribution in [-0.2, 0) is 0 Å². The number of hydrogen-bond acceptors (Lipinski definition) is 3. The maximum atomic E-state index is 4.93. The van der Waals surface area contributed by atoms with Crippen LogP contribution in [0.15, 0.2) is 15.4 Å². The van der Waals surface area contributed by atoms with E-state index in [1.165, 1.54) is 0 Å². The summed E-state index contributed by atoms with van der Waals surface area (Å²) in [6, 6.07) is 0. The third-order valence-corrected chi connectivity index (χ3v) is 0.454. The van der Waals surface area contributed by atoms with Crippen molar-refractivity contribution in [1.82, 2.24) is 5.53 Å². The van der Waals surface area contributed by atoms with Crippen LogP contribution in [0.3, 0.4) is 0 Å². The van der Waals surface area contributed by atoms with Gasteiger partial charge < -0.3 is 17.2 Å². The van der Waals surface area contributed by atoms with Crippen molar-refractivity contribution in [3.05, 3.63) is 0 Å². The smallest absolute Gasteiger partial charge is 0.213 e. The minimum Gasteiger partial charge on any atom is -0.373 e. The molecular weight excluding hydrogens is 154 g/mol. The van der Waals surface area contributed by atoms with Crippen LogP contribution in [0.1, 0.15) is 0 Å². The number of hydrazone groups is 1. The Kier molecular flexibility index (Phi) is 3.80. The van der Waals surface area contributed by atoms with Gasteiger partial charge in [0.25, 0.3) is 0 Å². The molecule has 8 heteroatoms. The maximum Gasteiger partial charge on any atom is 0.213 e. The highest BCUT2D eigenvalue weighted by Crippen LogP contribution is 1.69. The molecule has 10 heavy (non-hydrogen) atoms. The van der Waals surface area contributed by atoms with E-state index in [1.54, 1.807) is 0 Å². The van der Waals surface area contributed by atoms with E-state index in [0.717, 1.165) is 0 Å². The predicted molar refractivity (Wildman–Crippen MR) is 40.6 cm³/mol. The fourth-order valence-electron chi connectivity index (χ4n) is 0.152. The molecule has 7 N–H and O–H groups in total. The van der Waals surface area contributed by atoms with Crippen molar-refractivity contribution >= 4 is 23.3 Å². The van der Waals surface area contributed by atoms with E-state index in [2.05, 4.69) is 27.7 Å². The van der Waals surface area contributed by atoms with Crippen LogP contribution >= 0.6 is 12.2 Å². The molecule has 0 unspecified atom stereocenters. The third kappa shape index (κ3) is 6.56. The Morgan fingerprint density at radius 2 is 1.90 bits per heavy atom. The molecule has 0 heterocycles. The van der Waals surface area contributed by atoms with Crippen LogP contribution in [0.5, 0.6) is 0 Å². The number of thiocarbonyl (C=S) groups is 1. The van der Waals surface area contributed by atoms with Gasteiger partial charge in [-0.2, -0.15) is 5.53 Å². The van der Waals surface area contributed by atoms with E-state index >= 15 is 0 Å². The van der Waals surface area contributed by atoms with Gasteiger partial charge in [0.1, 0.15) is 0 Å². The van der Waals surface area contributed by atoms with Crippen LogP contribution in [0.25, 0.3) is 0 Å². The lowest BCUT2D eigenvalue weighted by molar-refractivity contribution is 0.751. The predicted octanol–water partition coefficient (Wildman–Crippen LogP) is -1.62. The fourth-order valence-corrected chi connectivity index (χ4v) is 0.193. The second-order valence-electron chi connectivity index (χ2n) is 1.17. The molecule has 0 radical (unpaired) electrons. The molecule has 0 aliphatic heterocycles. The number of nitrogens with zero attached hydrogens (tertiary/aromatic N) is 3. The lowest BCUT2D eigenvalue weighted by atomic mass is 11.1. The number of hydrogen-bond donors (Lipinski definition) is 4. The maximum absolute atomic E-state index is 4.93. The van der Waals surface area contributed by atoms with Crippen LogP contribution in [0, 0.1) is 0 Å². The topological polar surface area (TPSA) is 127 Å². The Morgan fingerprint density at radius 3 is 2.30 bits per heavy atom. The highest BCUT2D eigenvalue weighted by atomic mass is 32.1. The van der Waals surface area contributed by atoms with Gasteiger partial charge in [0, 0.05) is 0 Å². The van der Waals surface area contributed by atoms with E-state index in [9.17, 15) is 0 Å². The van der Waals surface area contributed by atoms with Gasteiger partial charge in [-0.05, 0) is 17.4 Å². The monoisotopic (exact) mass is 161 g/mol. The molecule has 7 nitrogen and oxygen atoms in total. The van der Waals surface area contributed by atoms with Crippen molar-refractivity contribution in [2.24, 2.45) is 32.6 Å². The molecule has 0 aromatic rings. The summed E-state index contributed by atoms with van der Waals surface area (Å²) in [5.41, 5.74) is 16.8. The second kappa shape index (κ2) is 4.44. The van der Waals surface area contributed by atoms with Crippen molar-refractivity contribution in [1.29, 1.82) is 0 Å². The van der Waals surface area contributed by atoms with Gasteiger partial charge >= 0.3 is 0 Å². The Labute approximate surface area is 62.3 Å². The van der Waals surface area contributed by atoms with Gasteiger partial charge in [-0.25, -0.2) is 0 Å². The van der Waals surface area contributed by atoms with Gasteiger partial charge in [0.05, 0.1) is 0 Å². The Balaban J connectivity index is 3.55. The summed E-state index contributed by atoms with van der Waals surface area (Å²) in [6.45, 7) is 0. The standard InChI is InChI=1S/C2H7N7S/c3-1(4)6-8-9-7-2(5)10/h(H4,3,4,6,9)(H3,5,7,8,10). The molecule has 0 saturated carbocycles. The second-order valence-corrected chi connectivity index (χ2v) is 1.59. The van der Waals surface area contributed by atoms with Crippen molar-refractivity contribution in [3.8, 4) is 0 Å². The summed E-state index contributed by atoms with van der Waals surface area (Å²) in [4.78, 5) is 0. The summed E-state index contributed by atoms with van der Waals surface area (Å²) >= 11 is 4.34. The third-order valence-electron chi connectivity index (χ3n) is 0.372. The highest BCUT2D eigenvalue weighted by molar-refractivity contribution is 7.80. The lowest BCUT2D eigenvalue weighted by Crippen LogP contribution is -2.25. The van der Waals surface area contributed by atoms with E-state index in [1.807, 2.05) is 5.53 Å². The zero-order valence-corrected chi connectivity index (χ0v) is 5.80. The molecular formula is C2H7N7S. The van der Waals surface area contributed by atoms with Crippen molar-refractivity contribution in [2.45, 2.75) is 0 Å². The molecule has 0 aromatic heterocycles. The van der Waals surface area contributed by atoms with Gasteiger partial charge in [-0.15, -0.1) is 10.2 Å². The molecule has 0 spiro atoms. The first-order chi connectivity index (χ1) is 4.63. The molecule has 0 saturated heterocycles. The first-order valence-corrected chi connectivity index (χ1v) is 2.57.